The lowest BCUT2D eigenvalue weighted by molar-refractivity contribution is 0.141. The Hall–Kier alpha value is -2.74. The second-order valence-corrected chi connectivity index (χ2v) is 8.25. The summed E-state index contributed by atoms with van der Waals surface area (Å²) in [7, 11) is 0. The van der Waals surface area contributed by atoms with Crippen LogP contribution in [0.2, 0.25) is 5.02 Å². The zero-order valence-corrected chi connectivity index (χ0v) is 19.6. The van der Waals surface area contributed by atoms with Crippen molar-refractivity contribution in [3.8, 4) is 11.4 Å². The molecule has 0 saturated carbocycles. The number of ether oxygens (including phenoxy) is 1. The van der Waals surface area contributed by atoms with Crippen LogP contribution in [0.3, 0.4) is 0 Å². The number of benzene rings is 2. The lowest BCUT2D eigenvalue weighted by Gasteiger charge is -2.37. The average molecular weight is 469 g/mol. The third kappa shape index (κ3) is 4.85. The number of hydrogen-bond acceptors (Lipinski definition) is 5. The van der Waals surface area contributed by atoms with E-state index >= 15 is 0 Å². The van der Waals surface area contributed by atoms with Gasteiger partial charge in [0.1, 0.15) is 0 Å². The van der Waals surface area contributed by atoms with E-state index in [1.807, 2.05) is 56.3 Å². The van der Waals surface area contributed by atoms with E-state index in [9.17, 15) is 0 Å². The number of aromatic nitrogens is 2. The van der Waals surface area contributed by atoms with Gasteiger partial charge in [0.15, 0.2) is 5.11 Å². The van der Waals surface area contributed by atoms with Gasteiger partial charge in [-0.15, -0.1) is 0 Å². The third-order valence-corrected chi connectivity index (χ3v) is 5.92. The van der Waals surface area contributed by atoms with Crippen LogP contribution in [0.5, 0.6) is 0 Å². The Balaban J connectivity index is 1.73. The van der Waals surface area contributed by atoms with Crippen LogP contribution in [0, 0.1) is 0 Å². The standard InChI is InChI=1S/C24H25ClN4O2S/c1-3-30-14-8-13-29-16(2)20(21(26-24(29)32)17-9-5-4-6-10-17)23-27-22(28-31-23)18-11-7-12-19(25)15-18/h4-7,9-12,15,21H,3,8,13-14H2,1-2H3,(H,26,32). The smallest absolute Gasteiger partial charge is 0.258 e. The minimum Gasteiger partial charge on any atom is -0.382 e. The van der Waals surface area contributed by atoms with Crippen molar-refractivity contribution in [2.45, 2.75) is 26.3 Å². The second kappa shape index (κ2) is 10.3. The monoisotopic (exact) mass is 468 g/mol. The van der Waals surface area contributed by atoms with Crippen molar-refractivity contribution in [2.75, 3.05) is 19.8 Å². The van der Waals surface area contributed by atoms with E-state index in [2.05, 4.69) is 27.5 Å². The molecule has 1 N–H and O–H groups in total. The zero-order valence-electron chi connectivity index (χ0n) is 18.0. The SMILES string of the molecule is CCOCCCN1C(=S)NC(c2ccccc2)C(c2nc(-c3cccc(Cl)c3)no2)=C1C. The van der Waals surface area contributed by atoms with E-state index in [1.165, 1.54) is 0 Å². The molecule has 32 heavy (non-hydrogen) atoms. The molecule has 0 radical (unpaired) electrons. The van der Waals surface area contributed by atoms with Crippen LogP contribution in [0.15, 0.2) is 64.8 Å². The van der Waals surface area contributed by atoms with Crippen LogP contribution in [0.1, 0.15) is 37.8 Å². The van der Waals surface area contributed by atoms with Crippen LogP contribution in [0.4, 0.5) is 0 Å². The molecule has 0 bridgehead atoms. The molecule has 1 aliphatic rings. The van der Waals surface area contributed by atoms with Crippen molar-refractivity contribution in [3.63, 3.8) is 0 Å². The van der Waals surface area contributed by atoms with Gasteiger partial charge in [-0.05, 0) is 50.2 Å². The number of hydrogen-bond donors (Lipinski definition) is 1. The maximum Gasteiger partial charge on any atom is 0.258 e. The molecule has 6 nitrogen and oxygen atoms in total. The first-order chi connectivity index (χ1) is 15.6. The molecule has 1 unspecified atom stereocenters. The molecule has 0 saturated heterocycles. The van der Waals surface area contributed by atoms with Crippen LogP contribution < -0.4 is 5.32 Å². The van der Waals surface area contributed by atoms with Crippen LogP contribution >= 0.6 is 23.8 Å². The van der Waals surface area contributed by atoms with E-state index in [4.69, 9.17) is 38.1 Å². The Morgan fingerprint density at radius 2 is 2.00 bits per heavy atom. The minimum atomic E-state index is -0.195. The summed E-state index contributed by atoms with van der Waals surface area (Å²) >= 11 is 11.9. The third-order valence-electron chi connectivity index (χ3n) is 5.34. The van der Waals surface area contributed by atoms with E-state index in [0.29, 0.717) is 35.1 Å². The van der Waals surface area contributed by atoms with Gasteiger partial charge < -0.3 is 19.5 Å². The first-order valence-electron chi connectivity index (χ1n) is 10.6. The molecule has 0 aliphatic carbocycles. The van der Waals surface area contributed by atoms with Gasteiger partial charge in [0, 0.05) is 36.0 Å². The summed E-state index contributed by atoms with van der Waals surface area (Å²) in [6.45, 7) is 6.15. The molecule has 1 atom stereocenters. The first kappa shape index (κ1) is 22.5. The molecule has 3 aromatic rings. The number of allylic oxidation sites excluding steroid dienone is 1. The quantitative estimate of drug-likeness (QED) is 0.347. The molecule has 2 heterocycles. The van der Waals surface area contributed by atoms with Gasteiger partial charge in [-0.25, -0.2) is 0 Å². The molecular weight excluding hydrogens is 444 g/mol. The largest absolute Gasteiger partial charge is 0.382 e. The average Bonchev–Trinajstić information content (AvgIpc) is 3.28. The molecule has 1 aliphatic heterocycles. The summed E-state index contributed by atoms with van der Waals surface area (Å²) in [6, 6.07) is 17.3. The van der Waals surface area contributed by atoms with Crippen LogP contribution in [0.25, 0.3) is 17.0 Å². The summed E-state index contributed by atoms with van der Waals surface area (Å²) in [5, 5.41) is 8.98. The summed E-state index contributed by atoms with van der Waals surface area (Å²) in [5.41, 5.74) is 3.76. The van der Waals surface area contributed by atoms with Crippen molar-refractivity contribution < 1.29 is 9.26 Å². The van der Waals surface area contributed by atoms with Crippen LogP contribution in [-0.2, 0) is 4.74 Å². The molecule has 0 fully saturated rings. The van der Waals surface area contributed by atoms with E-state index < -0.39 is 0 Å². The van der Waals surface area contributed by atoms with Crippen molar-refractivity contribution in [3.05, 3.63) is 76.8 Å². The number of rotatable bonds is 8. The molecule has 0 amide bonds. The number of halogens is 1. The number of nitrogens with zero attached hydrogens (tertiary/aromatic N) is 3. The van der Waals surface area contributed by atoms with E-state index in [0.717, 1.165) is 35.4 Å². The number of thiocarbonyl (C=S) groups is 1. The Morgan fingerprint density at radius 3 is 2.75 bits per heavy atom. The van der Waals surface area contributed by atoms with Crippen LogP contribution in [-0.4, -0.2) is 39.9 Å². The molecular formula is C24H25ClN4O2S. The van der Waals surface area contributed by atoms with E-state index in [1.54, 1.807) is 0 Å². The molecule has 0 spiro atoms. The fourth-order valence-corrected chi connectivity index (χ4v) is 4.31. The summed E-state index contributed by atoms with van der Waals surface area (Å²) < 4.78 is 11.3. The van der Waals surface area contributed by atoms with Crippen molar-refractivity contribution in [2.24, 2.45) is 0 Å². The Labute approximate surface area is 198 Å². The maximum atomic E-state index is 6.15. The molecule has 4 rings (SSSR count). The highest BCUT2D eigenvalue weighted by molar-refractivity contribution is 7.80. The lowest BCUT2D eigenvalue weighted by atomic mass is 9.95. The van der Waals surface area contributed by atoms with Crippen molar-refractivity contribution >= 4 is 34.5 Å². The normalized spacial score (nSPS) is 16.4. The topological polar surface area (TPSA) is 63.4 Å². The Kier molecular flexibility index (Phi) is 7.19. The second-order valence-electron chi connectivity index (χ2n) is 7.43. The fraction of sp³-hybridized carbons (Fsp3) is 0.292. The summed E-state index contributed by atoms with van der Waals surface area (Å²) in [5.74, 6) is 0.946. The van der Waals surface area contributed by atoms with Crippen molar-refractivity contribution in [1.82, 2.24) is 20.4 Å². The lowest BCUT2D eigenvalue weighted by Crippen LogP contribution is -2.46. The van der Waals surface area contributed by atoms with Gasteiger partial charge in [0.25, 0.3) is 5.89 Å². The summed E-state index contributed by atoms with van der Waals surface area (Å²) in [6.07, 6.45) is 0.855. The number of nitrogens with one attached hydrogen (secondary N) is 1. The predicted molar refractivity (Wildman–Crippen MR) is 130 cm³/mol. The predicted octanol–water partition coefficient (Wildman–Crippen LogP) is 5.48. The van der Waals surface area contributed by atoms with Gasteiger partial charge in [-0.3, -0.25) is 0 Å². The van der Waals surface area contributed by atoms with Gasteiger partial charge in [0.05, 0.1) is 11.6 Å². The van der Waals surface area contributed by atoms with Gasteiger partial charge in [-0.2, -0.15) is 4.98 Å². The minimum absolute atomic E-state index is 0.195. The highest BCUT2D eigenvalue weighted by Crippen LogP contribution is 2.37. The first-order valence-corrected chi connectivity index (χ1v) is 11.4. The maximum absolute atomic E-state index is 6.15. The molecule has 8 heteroatoms. The zero-order chi connectivity index (χ0) is 22.5. The highest BCUT2D eigenvalue weighted by atomic mass is 35.5. The van der Waals surface area contributed by atoms with Crippen molar-refractivity contribution in [1.29, 1.82) is 0 Å². The van der Waals surface area contributed by atoms with Gasteiger partial charge >= 0.3 is 0 Å². The molecule has 166 valence electrons. The Bertz CT molecular complexity index is 1120. The Morgan fingerprint density at radius 1 is 1.19 bits per heavy atom. The highest BCUT2D eigenvalue weighted by Gasteiger charge is 2.33. The van der Waals surface area contributed by atoms with Gasteiger partial charge in [-0.1, -0.05) is 59.2 Å². The summed E-state index contributed by atoms with van der Waals surface area (Å²) in [4.78, 5) is 6.79. The fourth-order valence-electron chi connectivity index (χ4n) is 3.77. The molecule has 2 aromatic carbocycles. The molecule has 1 aromatic heterocycles. The van der Waals surface area contributed by atoms with Gasteiger partial charge in [0.2, 0.25) is 5.82 Å². The van der Waals surface area contributed by atoms with E-state index in [-0.39, 0.29) is 6.04 Å².